The van der Waals surface area contributed by atoms with Gasteiger partial charge < -0.3 is 21.1 Å². The molecule has 2 heterocycles. The number of carbonyl (C=O) groups is 3. The molecule has 0 aliphatic carbocycles. The highest BCUT2D eigenvalue weighted by atomic mass is 16.4. The first-order chi connectivity index (χ1) is 9.97. The Morgan fingerprint density at radius 3 is 2.52 bits per heavy atom. The number of rotatable bonds is 3. The summed E-state index contributed by atoms with van der Waals surface area (Å²) in [6.07, 6.45) is 3.66. The van der Waals surface area contributed by atoms with E-state index in [9.17, 15) is 14.4 Å². The molecule has 0 unspecified atom stereocenters. The van der Waals surface area contributed by atoms with Gasteiger partial charge in [-0.05, 0) is 18.9 Å². The SMILES string of the molecule is NC(=O)C1CCN(C(=O)Nc2cncc(C(=O)O)c2)CC1. The van der Waals surface area contributed by atoms with Crippen LogP contribution in [0.4, 0.5) is 10.5 Å². The van der Waals surface area contributed by atoms with E-state index in [0.29, 0.717) is 31.6 Å². The summed E-state index contributed by atoms with van der Waals surface area (Å²) in [6.45, 7) is 0.872. The number of nitrogens with zero attached hydrogens (tertiary/aromatic N) is 2. The molecule has 0 atom stereocenters. The van der Waals surface area contributed by atoms with Crippen LogP contribution in [0.5, 0.6) is 0 Å². The standard InChI is InChI=1S/C13H16N4O4/c14-11(18)8-1-3-17(4-2-8)13(21)16-10-5-9(12(19)20)6-15-7-10/h5-8H,1-4H2,(H2,14,18)(H,16,21)(H,19,20). The highest BCUT2D eigenvalue weighted by Crippen LogP contribution is 2.18. The molecule has 4 N–H and O–H groups in total. The number of hydrogen-bond donors (Lipinski definition) is 3. The highest BCUT2D eigenvalue weighted by molar-refractivity contribution is 5.92. The van der Waals surface area contributed by atoms with Crippen molar-refractivity contribution >= 4 is 23.6 Å². The molecule has 1 aliphatic heterocycles. The van der Waals surface area contributed by atoms with E-state index in [1.54, 1.807) is 4.90 Å². The molecule has 1 aliphatic rings. The minimum atomic E-state index is -1.11. The quantitative estimate of drug-likeness (QED) is 0.748. The highest BCUT2D eigenvalue weighted by Gasteiger charge is 2.25. The molecule has 8 heteroatoms. The molecule has 0 radical (unpaired) electrons. The average molecular weight is 292 g/mol. The number of carbonyl (C=O) groups excluding carboxylic acids is 2. The Kier molecular flexibility index (Phi) is 4.36. The van der Waals surface area contributed by atoms with Gasteiger partial charge in [0.1, 0.15) is 0 Å². The number of pyridine rings is 1. The number of aromatic carboxylic acids is 1. The maximum absolute atomic E-state index is 12.0. The van der Waals surface area contributed by atoms with Gasteiger partial charge in [-0.3, -0.25) is 9.78 Å². The monoisotopic (exact) mass is 292 g/mol. The summed E-state index contributed by atoms with van der Waals surface area (Å²) in [6, 6.07) is 0.992. The second kappa shape index (κ2) is 6.21. The number of nitrogens with two attached hydrogens (primary N) is 1. The Balaban J connectivity index is 1.95. The van der Waals surface area contributed by atoms with Gasteiger partial charge in [0.2, 0.25) is 5.91 Å². The molecule has 0 spiro atoms. The predicted molar refractivity (Wildman–Crippen MR) is 73.7 cm³/mol. The molecule has 21 heavy (non-hydrogen) atoms. The summed E-state index contributed by atoms with van der Waals surface area (Å²) in [4.78, 5) is 39.3. The lowest BCUT2D eigenvalue weighted by Crippen LogP contribution is -2.43. The molecule has 1 aromatic rings. The second-order valence-electron chi connectivity index (χ2n) is 4.86. The van der Waals surface area contributed by atoms with Crippen LogP contribution in [0.2, 0.25) is 0 Å². The number of hydrogen-bond acceptors (Lipinski definition) is 4. The summed E-state index contributed by atoms with van der Waals surface area (Å²) >= 11 is 0. The van der Waals surface area contributed by atoms with Crippen LogP contribution in [0.25, 0.3) is 0 Å². The van der Waals surface area contributed by atoms with Crippen LogP contribution in [0.15, 0.2) is 18.5 Å². The molecule has 1 fully saturated rings. The molecule has 3 amide bonds. The number of piperidine rings is 1. The Morgan fingerprint density at radius 1 is 1.29 bits per heavy atom. The molecule has 0 aromatic carbocycles. The molecular formula is C13H16N4O4. The van der Waals surface area contributed by atoms with Crippen molar-refractivity contribution in [3.63, 3.8) is 0 Å². The zero-order valence-corrected chi connectivity index (χ0v) is 11.3. The summed E-state index contributed by atoms with van der Waals surface area (Å²) in [7, 11) is 0. The lowest BCUT2D eigenvalue weighted by atomic mass is 9.96. The first-order valence-electron chi connectivity index (χ1n) is 6.51. The van der Waals surface area contributed by atoms with Gasteiger partial charge in [0, 0.05) is 25.2 Å². The van der Waals surface area contributed by atoms with Crippen LogP contribution >= 0.6 is 0 Å². The van der Waals surface area contributed by atoms with Gasteiger partial charge in [-0.15, -0.1) is 0 Å². The van der Waals surface area contributed by atoms with Crippen molar-refractivity contribution in [2.75, 3.05) is 18.4 Å². The summed E-state index contributed by atoms with van der Waals surface area (Å²) in [5, 5.41) is 11.5. The molecule has 0 bridgehead atoms. The van der Waals surface area contributed by atoms with Crippen LogP contribution in [0.3, 0.4) is 0 Å². The Morgan fingerprint density at radius 2 is 1.95 bits per heavy atom. The smallest absolute Gasteiger partial charge is 0.337 e. The second-order valence-corrected chi connectivity index (χ2v) is 4.86. The largest absolute Gasteiger partial charge is 0.478 e. The number of likely N-dealkylation sites (tertiary alicyclic amines) is 1. The number of aromatic nitrogens is 1. The molecule has 8 nitrogen and oxygen atoms in total. The van der Waals surface area contributed by atoms with Gasteiger partial charge in [-0.25, -0.2) is 9.59 Å². The van der Waals surface area contributed by atoms with Gasteiger partial charge in [0.25, 0.3) is 0 Å². The van der Waals surface area contributed by atoms with E-state index < -0.39 is 5.97 Å². The van der Waals surface area contributed by atoms with Crippen molar-refractivity contribution in [2.24, 2.45) is 11.7 Å². The van der Waals surface area contributed by atoms with E-state index >= 15 is 0 Å². The van der Waals surface area contributed by atoms with E-state index in [4.69, 9.17) is 10.8 Å². The Hall–Kier alpha value is -2.64. The van der Waals surface area contributed by atoms with E-state index in [1.165, 1.54) is 18.5 Å². The zero-order chi connectivity index (χ0) is 15.4. The summed E-state index contributed by atoms with van der Waals surface area (Å²) in [5.41, 5.74) is 5.55. The van der Waals surface area contributed by atoms with E-state index in [0.717, 1.165) is 0 Å². The molecule has 1 aromatic heterocycles. The van der Waals surface area contributed by atoms with Crippen LogP contribution in [-0.4, -0.2) is 46.0 Å². The van der Waals surface area contributed by atoms with Crippen molar-refractivity contribution in [3.05, 3.63) is 24.0 Å². The van der Waals surface area contributed by atoms with Gasteiger partial charge >= 0.3 is 12.0 Å². The third kappa shape index (κ3) is 3.68. The first kappa shape index (κ1) is 14.8. The third-order valence-corrected chi connectivity index (χ3v) is 3.42. The fourth-order valence-corrected chi connectivity index (χ4v) is 2.19. The molecule has 1 saturated heterocycles. The van der Waals surface area contributed by atoms with Crippen molar-refractivity contribution in [1.29, 1.82) is 0 Å². The van der Waals surface area contributed by atoms with Crippen LogP contribution in [0.1, 0.15) is 23.2 Å². The number of nitrogens with one attached hydrogen (secondary N) is 1. The molecule has 112 valence electrons. The van der Waals surface area contributed by atoms with Crippen molar-refractivity contribution in [1.82, 2.24) is 9.88 Å². The number of primary amides is 1. The van der Waals surface area contributed by atoms with Gasteiger partial charge in [-0.2, -0.15) is 0 Å². The van der Waals surface area contributed by atoms with Crippen LogP contribution < -0.4 is 11.1 Å². The van der Waals surface area contributed by atoms with Crippen molar-refractivity contribution in [2.45, 2.75) is 12.8 Å². The Labute approximate surface area is 120 Å². The fourth-order valence-electron chi connectivity index (χ4n) is 2.19. The van der Waals surface area contributed by atoms with E-state index in [2.05, 4.69) is 10.3 Å². The summed E-state index contributed by atoms with van der Waals surface area (Å²) < 4.78 is 0. The maximum atomic E-state index is 12.0. The fraction of sp³-hybridized carbons (Fsp3) is 0.385. The Bertz CT molecular complexity index is 567. The van der Waals surface area contributed by atoms with Crippen LogP contribution in [-0.2, 0) is 4.79 Å². The minimum Gasteiger partial charge on any atom is -0.478 e. The third-order valence-electron chi connectivity index (χ3n) is 3.42. The predicted octanol–water partition coefficient (Wildman–Crippen LogP) is 0.509. The van der Waals surface area contributed by atoms with Gasteiger partial charge in [0.15, 0.2) is 0 Å². The first-order valence-corrected chi connectivity index (χ1v) is 6.51. The normalized spacial score (nSPS) is 15.5. The number of carboxylic acids is 1. The molecular weight excluding hydrogens is 276 g/mol. The average Bonchev–Trinajstić information content (AvgIpc) is 2.47. The van der Waals surface area contributed by atoms with Gasteiger partial charge in [0.05, 0.1) is 17.4 Å². The maximum Gasteiger partial charge on any atom is 0.337 e. The summed E-state index contributed by atoms with van der Waals surface area (Å²) in [5.74, 6) is -1.64. The lowest BCUT2D eigenvalue weighted by molar-refractivity contribution is -0.122. The van der Waals surface area contributed by atoms with Crippen LogP contribution in [0, 0.1) is 5.92 Å². The number of urea groups is 1. The number of carboxylic acid groups (broad SMARTS) is 1. The van der Waals surface area contributed by atoms with Crippen molar-refractivity contribution < 1.29 is 19.5 Å². The molecule has 0 saturated carbocycles. The van der Waals surface area contributed by atoms with Crippen molar-refractivity contribution in [3.8, 4) is 0 Å². The zero-order valence-electron chi connectivity index (χ0n) is 11.3. The topological polar surface area (TPSA) is 126 Å². The van der Waals surface area contributed by atoms with E-state index in [1.807, 2.05) is 0 Å². The lowest BCUT2D eigenvalue weighted by Gasteiger charge is -2.30. The number of amides is 3. The molecule has 2 rings (SSSR count). The number of anilines is 1. The van der Waals surface area contributed by atoms with E-state index in [-0.39, 0.29) is 23.4 Å². The van der Waals surface area contributed by atoms with Gasteiger partial charge in [-0.1, -0.05) is 0 Å². The minimum absolute atomic E-state index is 0.000219.